The molecule has 16 heavy (non-hydrogen) atoms. The summed E-state index contributed by atoms with van der Waals surface area (Å²) in [6.45, 7) is 1.47. The van der Waals surface area contributed by atoms with Crippen molar-refractivity contribution in [3.63, 3.8) is 0 Å². The normalized spacial score (nSPS) is 30.6. The van der Waals surface area contributed by atoms with Gasteiger partial charge >= 0.3 is 5.97 Å². The molecule has 0 aliphatic heterocycles. The van der Waals surface area contributed by atoms with Crippen LogP contribution in [-0.4, -0.2) is 5.97 Å². The van der Waals surface area contributed by atoms with Crippen molar-refractivity contribution in [2.45, 2.75) is 25.2 Å². The number of carbonyl (C=O) groups is 1. The van der Waals surface area contributed by atoms with Crippen molar-refractivity contribution < 1.29 is 9.53 Å². The van der Waals surface area contributed by atoms with Gasteiger partial charge in [0.15, 0.2) is 0 Å². The highest BCUT2D eigenvalue weighted by molar-refractivity contribution is 5.68. The zero-order valence-electron chi connectivity index (χ0n) is 9.27. The molecule has 82 valence electrons. The summed E-state index contributed by atoms with van der Waals surface area (Å²) in [6.07, 6.45) is 4.23. The zero-order valence-corrected chi connectivity index (χ0v) is 9.27. The predicted octanol–water partition coefficient (Wildman–Crippen LogP) is 2.80. The average Bonchev–Trinajstić information content (AvgIpc) is 2.93. The van der Waals surface area contributed by atoms with E-state index in [9.17, 15) is 4.79 Å². The molecular weight excluding hydrogens is 200 g/mol. The summed E-state index contributed by atoms with van der Waals surface area (Å²) in [5.74, 6) is 1.30. The fourth-order valence-corrected chi connectivity index (χ4v) is 2.87. The maximum atomic E-state index is 11.1. The fraction of sp³-hybridized carbons (Fsp3) is 0.357. The Bertz CT molecular complexity index is 461. The van der Waals surface area contributed by atoms with Crippen molar-refractivity contribution in [3.05, 3.63) is 47.7 Å². The molecule has 1 aromatic rings. The third-order valence-electron chi connectivity index (χ3n) is 3.68. The summed E-state index contributed by atoms with van der Waals surface area (Å²) in [5.41, 5.74) is 1.30. The maximum absolute atomic E-state index is 11.1. The second-order valence-corrected chi connectivity index (χ2v) is 4.64. The first-order chi connectivity index (χ1) is 7.73. The van der Waals surface area contributed by atoms with E-state index in [0.29, 0.717) is 5.92 Å². The van der Waals surface area contributed by atoms with Crippen LogP contribution in [0.1, 0.15) is 25.3 Å². The van der Waals surface area contributed by atoms with Crippen LogP contribution in [0, 0.1) is 5.92 Å². The van der Waals surface area contributed by atoms with Crippen LogP contribution in [-0.2, 0) is 14.9 Å². The standard InChI is InChI=1S/C14H14O2/c1-10(15)16-13-8-7-12-9-14(12,13)11-5-3-2-4-6-11/h2-6,8,12H,7,9H2,1H3/t12-,14-/m0/s1. The van der Waals surface area contributed by atoms with Crippen LogP contribution in [0.5, 0.6) is 0 Å². The highest BCUT2D eigenvalue weighted by Crippen LogP contribution is 2.64. The number of carbonyl (C=O) groups excluding carboxylic acids is 1. The van der Waals surface area contributed by atoms with Crippen molar-refractivity contribution in [2.24, 2.45) is 5.92 Å². The van der Waals surface area contributed by atoms with Crippen LogP contribution in [0.4, 0.5) is 0 Å². The average molecular weight is 214 g/mol. The number of benzene rings is 1. The van der Waals surface area contributed by atoms with E-state index in [1.807, 2.05) is 18.2 Å². The minimum Gasteiger partial charge on any atom is -0.431 e. The molecule has 1 saturated carbocycles. The first-order valence-electron chi connectivity index (χ1n) is 5.68. The lowest BCUT2D eigenvalue weighted by atomic mass is 9.94. The Kier molecular flexibility index (Phi) is 1.93. The van der Waals surface area contributed by atoms with Gasteiger partial charge in [-0.25, -0.2) is 0 Å². The molecule has 2 aliphatic carbocycles. The Balaban J connectivity index is 1.95. The molecule has 1 fully saturated rings. The molecule has 0 unspecified atom stereocenters. The summed E-state index contributed by atoms with van der Waals surface area (Å²) in [6, 6.07) is 10.4. The van der Waals surface area contributed by atoms with Gasteiger partial charge in [0.2, 0.25) is 0 Å². The lowest BCUT2D eigenvalue weighted by Gasteiger charge is -2.17. The number of rotatable bonds is 2. The van der Waals surface area contributed by atoms with Gasteiger partial charge in [0, 0.05) is 6.92 Å². The Labute approximate surface area is 94.9 Å². The number of esters is 1. The molecule has 2 heteroatoms. The maximum Gasteiger partial charge on any atom is 0.307 e. The molecule has 0 saturated heterocycles. The number of hydrogen-bond acceptors (Lipinski definition) is 2. The summed E-state index contributed by atoms with van der Waals surface area (Å²) in [7, 11) is 0. The summed E-state index contributed by atoms with van der Waals surface area (Å²) in [4.78, 5) is 11.1. The summed E-state index contributed by atoms with van der Waals surface area (Å²) >= 11 is 0. The van der Waals surface area contributed by atoms with E-state index in [4.69, 9.17) is 4.74 Å². The molecule has 0 spiro atoms. The van der Waals surface area contributed by atoms with Gasteiger partial charge in [0.05, 0.1) is 5.41 Å². The molecule has 2 nitrogen and oxygen atoms in total. The van der Waals surface area contributed by atoms with E-state index in [0.717, 1.165) is 18.6 Å². The molecule has 0 bridgehead atoms. The SMILES string of the molecule is CC(=O)OC1=CC[C@H]2C[C@@]12c1ccccc1. The Morgan fingerprint density at radius 2 is 2.12 bits per heavy atom. The zero-order chi connectivity index (χ0) is 11.2. The first kappa shape index (κ1) is 9.64. The molecule has 1 aromatic carbocycles. The van der Waals surface area contributed by atoms with E-state index in [1.54, 1.807) is 0 Å². The molecule has 0 amide bonds. The first-order valence-corrected chi connectivity index (χ1v) is 5.68. The predicted molar refractivity (Wildman–Crippen MR) is 60.7 cm³/mol. The third-order valence-corrected chi connectivity index (χ3v) is 3.68. The van der Waals surface area contributed by atoms with Gasteiger partial charge in [-0.05, 0) is 30.4 Å². The van der Waals surface area contributed by atoms with Gasteiger partial charge in [-0.15, -0.1) is 0 Å². The van der Waals surface area contributed by atoms with Gasteiger partial charge in [-0.1, -0.05) is 30.3 Å². The lowest BCUT2D eigenvalue weighted by Crippen LogP contribution is -2.14. The number of hydrogen-bond donors (Lipinski definition) is 0. The number of allylic oxidation sites excluding steroid dienone is 2. The Morgan fingerprint density at radius 3 is 2.75 bits per heavy atom. The van der Waals surface area contributed by atoms with E-state index in [2.05, 4.69) is 18.2 Å². The third kappa shape index (κ3) is 1.22. The largest absolute Gasteiger partial charge is 0.431 e. The van der Waals surface area contributed by atoms with E-state index < -0.39 is 0 Å². The van der Waals surface area contributed by atoms with Crippen molar-refractivity contribution in [1.82, 2.24) is 0 Å². The summed E-state index contributed by atoms with van der Waals surface area (Å²) < 4.78 is 5.35. The second kappa shape index (κ2) is 3.21. The van der Waals surface area contributed by atoms with Crippen LogP contribution >= 0.6 is 0 Å². The van der Waals surface area contributed by atoms with Gasteiger partial charge in [-0.2, -0.15) is 0 Å². The molecule has 2 atom stereocenters. The van der Waals surface area contributed by atoms with E-state index in [-0.39, 0.29) is 11.4 Å². The number of ether oxygens (including phenoxy) is 1. The van der Waals surface area contributed by atoms with Crippen LogP contribution in [0.25, 0.3) is 0 Å². The van der Waals surface area contributed by atoms with E-state index in [1.165, 1.54) is 12.5 Å². The van der Waals surface area contributed by atoms with Crippen molar-refractivity contribution in [2.75, 3.05) is 0 Å². The van der Waals surface area contributed by atoms with Gasteiger partial charge in [0.1, 0.15) is 5.76 Å². The monoisotopic (exact) mass is 214 g/mol. The van der Waals surface area contributed by atoms with Crippen molar-refractivity contribution in [3.8, 4) is 0 Å². The van der Waals surface area contributed by atoms with Gasteiger partial charge in [0.25, 0.3) is 0 Å². The Hall–Kier alpha value is -1.57. The topological polar surface area (TPSA) is 26.3 Å². The highest BCUT2D eigenvalue weighted by Gasteiger charge is 2.61. The Morgan fingerprint density at radius 1 is 1.38 bits per heavy atom. The van der Waals surface area contributed by atoms with Crippen LogP contribution in [0.3, 0.4) is 0 Å². The fourth-order valence-electron chi connectivity index (χ4n) is 2.87. The summed E-state index contributed by atoms with van der Waals surface area (Å²) in [5, 5.41) is 0. The minimum absolute atomic E-state index is 0.0208. The highest BCUT2D eigenvalue weighted by atomic mass is 16.5. The van der Waals surface area contributed by atoms with E-state index >= 15 is 0 Å². The second-order valence-electron chi connectivity index (χ2n) is 4.64. The molecule has 2 aliphatic rings. The minimum atomic E-state index is -0.214. The van der Waals surface area contributed by atoms with Gasteiger partial charge in [-0.3, -0.25) is 4.79 Å². The molecule has 0 aromatic heterocycles. The molecule has 3 rings (SSSR count). The number of fused-ring (bicyclic) bond motifs is 1. The molecular formula is C14H14O2. The molecule has 0 radical (unpaired) electrons. The molecule has 0 N–H and O–H groups in total. The van der Waals surface area contributed by atoms with Crippen LogP contribution in [0.2, 0.25) is 0 Å². The van der Waals surface area contributed by atoms with Crippen LogP contribution < -0.4 is 0 Å². The lowest BCUT2D eigenvalue weighted by molar-refractivity contribution is -0.137. The van der Waals surface area contributed by atoms with Crippen molar-refractivity contribution >= 4 is 5.97 Å². The van der Waals surface area contributed by atoms with Crippen molar-refractivity contribution in [1.29, 1.82) is 0 Å². The van der Waals surface area contributed by atoms with Gasteiger partial charge < -0.3 is 4.74 Å². The smallest absolute Gasteiger partial charge is 0.307 e. The quantitative estimate of drug-likeness (QED) is 0.707. The molecule has 0 heterocycles. The van der Waals surface area contributed by atoms with Crippen LogP contribution in [0.15, 0.2) is 42.2 Å².